The number of methoxy groups -OCH3 is 1. The van der Waals surface area contributed by atoms with Crippen LogP contribution in [-0.2, 0) is 16.1 Å². The Morgan fingerprint density at radius 3 is 2.61 bits per heavy atom. The van der Waals surface area contributed by atoms with Gasteiger partial charge in [0.15, 0.2) is 5.69 Å². The summed E-state index contributed by atoms with van der Waals surface area (Å²) in [6.07, 6.45) is 11.9. The molecule has 2 saturated heterocycles. The van der Waals surface area contributed by atoms with E-state index in [1.165, 1.54) is 63.3 Å². The van der Waals surface area contributed by atoms with Gasteiger partial charge < -0.3 is 18.9 Å². The third-order valence-corrected chi connectivity index (χ3v) is 8.81. The van der Waals surface area contributed by atoms with Gasteiger partial charge in [0.05, 0.1) is 25.5 Å². The van der Waals surface area contributed by atoms with E-state index in [0.717, 1.165) is 30.7 Å². The first-order valence-electron chi connectivity index (χ1n) is 13.8. The summed E-state index contributed by atoms with van der Waals surface area (Å²) in [6, 6.07) is 2.29. The maximum atomic E-state index is 12.2. The fourth-order valence-corrected chi connectivity index (χ4v) is 6.84. The van der Waals surface area contributed by atoms with Crippen LogP contribution < -0.4 is 4.90 Å². The number of piperidine rings is 1. The van der Waals surface area contributed by atoms with Crippen molar-refractivity contribution in [1.82, 2.24) is 15.1 Å². The predicted molar refractivity (Wildman–Crippen MR) is 134 cm³/mol. The molecular weight excluding hydrogens is 456 g/mol. The first-order valence-corrected chi connectivity index (χ1v) is 13.8. The molecule has 3 unspecified atom stereocenters. The number of aromatic nitrogens is 3. The lowest BCUT2D eigenvalue weighted by Gasteiger charge is -2.39. The minimum Gasteiger partial charge on any atom is -0.464 e. The maximum Gasteiger partial charge on any atom is 0.356 e. The van der Waals surface area contributed by atoms with Gasteiger partial charge in [0.1, 0.15) is 5.76 Å². The zero-order valence-electron chi connectivity index (χ0n) is 21.7. The van der Waals surface area contributed by atoms with E-state index < -0.39 is 5.97 Å². The van der Waals surface area contributed by atoms with Crippen LogP contribution in [0, 0.1) is 12.8 Å². The molecule has 2 aliphatic heterocycles. The average molecular weight is 495 g/mol. The summed E-state index contributed by atoms with van der Waals surface area (Å²) in [4.78, 5) is 23.8. The minimum atomic E-state index is -0.422. The van der Waals surface area contributed by atoms with Gasteiger partial charge in [-0.05, 0) is 63.9 Å². The average Bonchev–Trinajstić information content (AvgIpc) is 3.61. The van der Waals surface area contributed by atoms with Crippen LogP contribution in [0.5, 0.6) is 0 Å². The van der Waals surface area contributed by atoms with Crippen molar-refractivity contribution < 1.29 is 18.8 Å². The zero-order valence-corrected chi connectivity index (χ0v) is 21.7. The molecule has 4 aliphatic rings. The highest BCUT2D eigenvalue weighted by Crippen LogP contribution is 2.46. The number of carbonyl (C=O) groups excluding carboxylic acids is 1. The van der Waals surface area contributed by atoms with Gasteiger partial charge in [0.25, 0.3) is 0 Å². The number of fused-ring (bicyclic) bond motifs is 2. The van der Waals surface area contributed by atoms with Crippen molar-refractivity contribution in [3.05, 3.63) is 34.5 Å². The fourth-order valence-electron chi connectivity index (χ4n) is 6.84. The lowest BCUT2D eigenvalue weighted by atomic mass is 9.85. The molecule has 2 saturated carbocycles. The van der Waals surface area contributed by atoms with Crippen molar-refractivity contribution in [2.75, 3.05) is 12.0 Å². The first kappa shape index (κ1) is 23.9. The summed E-state index contributed by atoms with van der Waals surface area (Å²) in [5.41, 5.74) is 3.52. The van der Waals surface area contributed by atoms with Gasteiger partial charge in [-0.1, -0.05) is 31.3 Å². The molecule has 2 aromatic rings. The summed E-state index contributed by atoms with van der Waals surface area (Å²) in [5, 5.41) is 4.59. The number of aryl methyl sites for hydroxylation is 1. The van der Waals surface area contributed by atoms with Crippen LogP contribution in [0.1, 0.15) is 116 Å². The Morgan fingerprint density at radius 2 is 1.89 bits per heavy atom. The molecule has 36 heavy (non-hydrogen) atoms. The van der Waals surface area contributed by atoms with Crippen LogP contribution >= 0.6 is 0 Å². The van der Waals surface area contributed by atoms with E-state index in [4.69, 9.17) is 19.0 Å². The van der Waals surface area contributed by atoms with E-state index in [2.05, 4.69) is 22.0 Å². The predicted octanol–water partition coefficient (Wildman–Crippen LogP) is 5.45. The molecule has 4 atom stereocenters. The second kappa shape index (κ2) is 9.77. The van der Waals surface area contributed by atoms with Crippen molar-refractivity contribution in [1.29, 1.82) is 0 Å². The number of ether oxygens (including phenoxy) is 2. The van der Waals surface area contributed by atoms with Crippen molar-refractivity contribution in [2.24, 2.45) is 5.92 Å². The first-order chi connectivity index (χ1) is 17.5. The van der Waals surface area contributed by atoms with Crippen LogP contribution in [-0.4, -0.2) is 46.4 Å². The van der Waals surface area contributed by atoms with E-state index in [1.54, 1.807) is 6.07 Å². The molecule has 0 N–H and O–H groups in total. The van der Waals surface area contributed by atoms with Gasteiger partial charge >= 0.3 is 5.97 Å². The van der Waals surface area contributed by atoms with E-state index in [0.29, 0.717) is 48.1 Å². The molecule has 2 aliphatic carbocycles. The van der Waals surface area contributed by atoms with Crippen LogP contribution in [0.4, 0.5) is 5.95 Å². The molecule has 0 spiro atoms. The third kappa shape index (κ3) is 4.53. The van der Waals surface area contributed by atoms with Crippen LogP contribution in [0.25, 0.3) is 0 Å². The second-order valence-electron chi connectivity index (χ2n) is 11.5. The van der Waals surface area contributed by atoms with E-state index in [9.17, 15) is 4.79 Å². The lowest BCUT2D eigenvalue weighted by molar-refractivity contribution is 0.0127. The van der Waals surface area contributed by atoms with Gasteiger partial charge in [-0.25, -0.2) is 14.8 Å². The normalized spacial score (nSPS) is 28.5. The van der Waals surface area contributed by atoms with Crippen molar-refractivity contribution in [3.63, 3.8) is 0 Å². The van der Waals surface area contributed by atoms with Crippen LogP contribution in [0.3, 0.4) is 0 Å². The Balaban J connectivity index is 1.18. The second-order valence-corrected chi connectivity index (χ2v) is 11.5. The van der Waals surface area contributed by atoms with E-state index >= 15 is 0 Å². The standard InChI is InChI=1S/C28H38N4O4/c1-16-11-20-13-21(14-24(16)32(20)28-29-17(2)12-23(30-28)27(33)34-3)35-15-22-25(18-7-5-4-6-8-18)31-36-26(22)19-9-10-19/h12,16,18-21,24H,4-11,13-15H2,1-3H3/t16-,20?,21?,24?/m1/s1. The summed E-state index contributed by atoms with van der Waals surface area (Å²) < 4.78 is 17.5. The summed E-state index contributed by atoms with van der Waals surface area (Å²) in [7, 11) is 1.39. The Kier molecular flexibility index (Phi) is 6.48. The van der Waals surface area contributed by atoms with Gasteiger partial charge in [-0.2, -0.15) is 0 Å². The minimum absolute atomic E-state index is 0.187. The molecule has 4 fully saturated rings. The molecule has 0 aromatic carbocycles. The SMILES string of the molecule is COC(=O)c1cc(C)nc(N2C3CC(OCc4c(C5CCCCC5)noc4C4CC4)CC2[C@H](C)C3)n1. The molecule has 2 aromatic heterocycles. The number of hydrogen-bond donors (Lipinski definition) is 0. The maximum absolute atomic E-state index is 12.2. The van der Waals surface area contributed by atoms with Crippen molar-refractivity contribution in [3.8, 4) is 0 Å². The molecule has 2 bridgehead atoms. The smallest absolute Gasteiger partial charge is 0.356 e. The lowest BCUT2D eigenvalue weighted by Crippen LogP contribution is -2.47. The monoisotopic (exact) mass is 494 g/mol. The molecule has 4 heterocycles. The molecule has 8 heteroatoms. The highest BCUT2D eigenvalue weighted by atomic mass is 16.5. The highest BCUT2D eigenvalue weighted by molar-refractivity contribution is 5.87. The van der Waals surface area contributed by atoms with Gasteiger partial charge in [0.2, 0.25) is 5.95 Å². The molecule has 194 valence electrons. The number of anilines is 1. The fraction of sp³-hybridized carbons (Fsp3) is 0.714. The number of rotatable bonds is 7. The molecule has 0 amide bonds. The topological polar surface area (TPSA) is 90.6 Å². The van der Waals surface area contributed by atoms with E-state index in [-0.39, 0.29) is 6.10 Å². The highest BCUT2D eigenvalue weighted by Gasteiger charge is 2.47. The Hall–Kier alpha value is -2.48. The zero-order chi connectivity index (χ0) is 24.8. The number of carbonyl (C=O) groups is 1. The molecule has 8 nitrogen and oxygen atoms in total. The Labute approximate surface area is 213 Å². The van der Waals surface area contributed by atoms with Crippen LogP contribution in [0.15, 0.2) is 10.6 Å². The van der Waals surface area contributed by atoms with Crippen molar-refractivity contribution in [2.45, 2.75) is 115 Å². The number of nitrogens with zero attached hydrogens (tertiary/aromatic N) is 4. The molecular formula is C28H38N4O4. The molecule has 6 rings (SSSR count). The van der Waals surface area contributed by atoms with Gasteiger partial charge in [-0.3, -0.25) is 0 Å². The largest absolute Gasteiger partial charge is 0.464 e. The van der Waals surface area contributed by atoms with E-state index in [1.807, 2.05) is 6.92 Å². The Bertz CT molecular complexity index is 1110. The number of esters is 1. The van der Waals surface area contributed by atoms with Crippen molar-refractivity contribution >= 4 is 11.9 Å². The Morgan fingerprint density at radius 1 is 1.08 bits per heavy atom. The third-order valence-electron chi connectivity index (χ3n) is 8.81. The molecule has 0 radical (unpaired) electrons. The summed E-state index contributed by atoms with van der Waals surface area (Å²) >= 11 is 0. The van der Waals surface area contributed by atoms with Crippen LogP contribution in [0.2, 0.25) is 0 Å². The summed E-state index contributed by atoms with van der Waals surface area (Å²) in [6.45, 7) is 4.82. The van der Waals surface area contributed by atoms with Gasteiger partial charge in [0, 0.05) is 35.2 Å². The summed E-state index contributed by atoms with van der Waals surface area (Å²) in [5.74, 6) is 2.89. The number of hydrogen-bond acceptors (Lipinski definition) is 8. The van der Waals surface area contributed by atoms with Gasteiger partial charge in [-0.15, -0.1) is 0 Å². The quantitative estimate of drug-likeness (QED) is 0.470.